The van der Waals surface area contributed by atoms with E-state index in [1.165, 1.54) is 0 Å². The summed E-state index contributed by atoms with van der Waals surface area (Å²) in [7, 11) is 0. The smallest absolute Gasteiger partial charge is 0.165 e. The van der Waals surface area contributed by atoms with Gasteiger partial charge < -0.3 is 5.32 Å². The quantitative estimate of drug-likeness (QED) is 0.767. The fraction of sp³-hybridized carbons (Fsp3) is 0.294. The van der Waals surface area contributed by atoms with Crippen molar-refractivity contribution >= 4 is 23.1 Å². The number of nitrogens with zero attached hydrogens (tertiary/aromatic N) is 3. The number of aromatic nitrogens is 3. The lowest BCUT2D eigenvalue weighted by atomic mass is 10.1. The van der Waals surface area contributed by atoms with E-state index in [1.807, 2.05) is 48.0 Å². The molecule has 0 spiro atoms. The van der Waals surface area contributed by atoms with Crippen molar-refractivity contribution in [1.29, 1.82) is 0 Å². The zero-order valence-electron chi connectivity index (χ0n) is 13.0. The largest absolute Gasteiger partial charge is 0.367 e. The molecule has 2 heterocycles. The number of hydrogen-bond acceptors (Lipinski definition) is 3. The van der Waals surface area contributed by atoms with Crippen LogP contribution in [-0.2, 0) is 0 Å². The summed E-state index contributed by atoms with van der Waals surface area (Å²) >= 11 is 5.97. The van der Waals surface area contributed by atoms with Gasteiger partial charge in [0.15, 0.2) is 5.65 Å². The van der Waals surface area contributed by atoms with E-state index in [2.05, 4.69) is 29.2 Å². The van der Waals surface area contributed by atoms with E-state index in [0.29, 0.717) is 6.04 Å². The highest BCUT2D eigenvalue weighted by Gasteiger charge is 2.13. The molecule has 0 saturated heterocycles. The van der Waals surface area contributed by atoms with Gasteiger partial charge >= 0.3 is 0 Å². The van der Waals surface area contributed by atoms with Gasteiger partial charge in [-0.05, 0) is 38.0 Å². The van der Waals surface area contributed by atoms with Crippen molar-refractivity contribution < 1.29 is 0 Å². The molecular weight excluding hydrogens is 296 g/mol. The van der Waals surface area contributed by atoms with E-state index in [-0.39, 0.29) is 0 Å². The molecule has 0 fully saturated rings. The molecule has 0 saturated carbocycles. The number of fused-ring (bicyclic) bond motifs is 1. The van der Waals surface area contributed by atoms with E-state index in [1.54, 1.807) is 0 Å². The second-order valence-electron chi connectivity index (χ2n) is 5.54. The Kier molecular flexibility index (Phi) is 4.03. The predicted molar refractivity (Wildman–Crippen MR) is 91.5 cm³/mol. The van der Waals surface area contributed by atoms with Crippen molar-refractivity contribution in [2.24, 2.45) is 0 Å². The standard InChI is InChI=1S/C17H19ClN4/c1-4-11(2)20-16-9-12(3)21-17-15(10-19-22(16)17)13-5-7-14(18)8-6-13/h5-11,20H,4H2,1-3H3. The molecule has 0 amide bonds. The van der Waals surface area contributed by atoms with Crippen molar-refractivity contribution in [3.05, 3.63) is 47.2 Å². The van der Waals surface area contributed by atoms with E-state index in [9.17, 15) is 0 Å². The second-order valence-corrected chi connectivity index (χ2v) is 5.97. The van der Waals surface area contributed by atoms with Gasteiger partial charge in [-0.15, -0.1) is 0 Å². The Morgan fingerprint density at radius 2 is 2.00 bits per heavy atom. The van der Waals surface area contributed by atoms with E-state index in [4.69, 9.17) is 11.6 Å². The van der Waals surface area contributed by atoms with Gasteiger partial charge in [0.2, 0.25) is 0 Å². The van der Waals surface area contributed by atoms with Crippen LogP contribution in [0.15, 0.2) is 36.5 Å². The molecule has 1 atom stereocenters. The molecule has 114 valence electrons. The highest BCUT2D eigenvalue weighted by molar-refractivity contribution is 6.30. The Balaban J connectivity index is 2.12. The average molecular weight is 315 g/mol. The van der Waals surface area contributed by atoms with Gasteiger partial charge in [-0.3, -0.25) is 0 Å². The lowest BCUT2D eigenvalue weighted by Crippen LogP contribution is -2.16. The lowest BCUT2D eigenvalue weighted by Gasteiger charge is -2.14. The molecule has 3 rings (SSSR count). The molecular formula is C17H19ClN4. The highest BCUT2D eigenvalue weighted by Crippen LogP contribution is 2.27. The van der Waals surface area contributed by atoms with Crippen molar-refractivity contribution in [2.45, 2.75) is 33.2 Å². The number of aryl methyl sites for hydroxylation is 1. The van der Waals surface area contributed by atoms with E-state index < -0.39 is 0 Å². The van der Waals surface area contributed by atoms with Crippen molar-refractivity contribution in [2.75, 3.05) is 5.32 Å². The molecule has 0 aliphatic rings. The Labute approximate surface area is 135 Å². The maximum atomic E-state index is 5.97. The summed E-state index contributed by atoms with van der Waals surface area (Å²) < 4.78 is 1.86. The number of halogens is 1. The van der Waals surface area contributed by atoms with Gasteiger partial charge in [-0.1, -0.05) is 30.7 Å². The van der Waals surface area contributed by atoms with Crippen LogP contribution in [0.25, 0.3) is 16.8 Å². The summed E-state index contributed by atoms with van der Waals surface area (Å²) in [5.74, 6) is 0.970. The van der Waals surface area contributed by atoms with Crippen LogP contribution in [0.5, 0.6) is 0 Å². The molecule has 0 aliphatic carbocycles. The maximum absolute atomic E-state index is 5.97. The zero-order valence-corrected chi connectivity index (χ0v) is 13.7. The second kappa shape index (κ2) is 5.97. The van der Waals surface area contributed by atoms with Crippen LogP contribution in [-0.4, -0.2) is 20.6 Å². The Bertz CT molecular complexity index is 792. The summed E-state index contributed by atoms with van der Waals surface area (Å²) in [6, 6.07) is 10.2. The molecule has 1 aromatic carbocycles. The molecule has 1 unspecified atom stereocenters. The van der Waals surface area contributed by atoms with Crippen LogP contribution in [0.2, 0.25) is 5.02 Å². The molecule has 0 bridgehead atoms. The van der Waals surface area contributed by atoms with Gasteiger partial charge in [-0.25, -0.2) is 4.98 Å². The topological polar surface area (TPSA) is 42.2 Å². The van der Waals surface area contributed by atoms with E-state index >= 15 is 0 Å². The fourth-order valence-corrected chi connectivity index (χ4v) is 2.50. The predicted octanol–water partition coefficient (Wildman–Crippen LogP) is 4.57. The van der Waals surface area contributed by atoms with Gasteiger partial charge in [0, 0.05) is 28.4 Å². The summed E-state index contributed by atoms with van der Waals surface area (Å²) in [6.07, 6.45) is 2.90. The summed E-state index contributed by atoms with van der Waals surface area (Å²) in [6.45, 7) is 6.32. The minimum absolute atomic E-state index is 0.383. The first-order valence-electron chi connectivity index (χ1n) is 7.46. The number of nitrogens with one attached hydrogen (secondary N) is 1. The Hall–Kier alpha value is -2.07. The first-order chi connectivity index (χ1) is 10.6. The summed E-state index contributed by atoms with van der Waals surface area (Å²) in [5.41, 5.74) is 3.89. The summed E-state index contributed by atoms with van der Waals surface area (Å²) in [4.78, 5) is 4.66. The normalized spacial score (nSPS) is 12.5. The minimum atomic E-state index is 0.383. The molecule has 3 aromatic rings. The van der Waals surface area contributed by atoms with Crippen molar-refractivity contribution in [1.82, 2.24) is 14.6 Å². The minimum Gasteiger partial charge on any atom is -0.367 e. The SMILES string of the molecule is CCC(C)Nc1cc(C)nc2c(-c3ccc(Cl)cc3)cnn12. The van der Waals surface area contributed by atoms with Gasteiger partial charge in [0.25, 0.3) is 0 Å². The molecule has 1 N–H and O–H groups in total. The number of rotatable bonds is 4. The third-order valence-electron chi connectivity index (χ3n) is 3.76. The number of anilines is 1. The molecule has 0 aliphatic heterocycles. The van der Waals surface area contributed by atoms with Crippen molar-refractivity contribution in [3.8, 4) is 11.1 Å². The van der Waals surface area contributed by atoms with Crippen LogP contribution in [0.1, 0.15) is 26.0 Å². The van der Waals surface area contributed by atoms with Crippen LogP contribution in [0.3, 0.4) is 0 Å². The monoisotopic (exact) mass is 314 g/mol. The molecule has 0 radical (unpaired) electrons. The Morgan fingerprint density at radius 3 is 2.68 bits per heavy atom. The lowest BCUT2D eigenvalue weighted by molar-refractivity contribution is 0.748. The third-order valence-corrected chi connectivity index (χ3v) is 4.01. The van der Waals surface area contributed by atoms with Gasteiger partial charge in [0.05, 0.1) is 6.20 Å². The highest BCUT2D eigenvalue weighted by atomic mass is 35.5. The summed E-state index contributed by atoms with van der Waals surface area (Å²) in [5, 5.41) is 8.72. The van der Waals surface area contributed by atoms with Crippen LogP contribution >= 0.6 is 11.6 Å². The van der Waals surface area contributed by atoms with E-state index in [0.717, 1.165) is 39.7 Å². The maximum Gasteiger partial charge on any atom is 0.165 e. The molecule has 4 nitrogen and oxygen atoms in total. The molecule has 5 heteroatoms. The van der Waals surface area contributed by atoms with Crippen LogP contribution in [0.4, 0.5) is 5.82 Å². The van der Waals surface area contributed by atoms with Gasteiger partial charge in [-0.2, -0.15) is 9.61 Å². The van der Waals surface area contributed by atoms with Gasteiger partial charge in [0.1, 0.15) is 5.82 Å². The average Bonchev–Trinajstić information content (AvgIpc) is 2.91. The first-order valence-corrected chi connectivity index (χ1v) is 7.84. The fourth-order valence-electron chi connectivity index (χ4n) is 2.37. The van der Waals surface area contributed by atoms with Crippen LogP contribution in [0, 0.1) is 6.92 Å². The molecule has 22 heavy (non-hydrogen) atoms. The molecule has 2 aromatic heterocycles. The zero-order chi connectivity index (χ0) is 15.7. The first kappa shape index (κ1) is 14.9. The number of hydrogen-bond donors (Lipinski definition) is 1. The third kappa shape index (κ3) is 2.79. The van der Waals surface area contributed by atoms with Crippen molar-refractivity contribution in [3.63, 3.8) is 0 Å². The van der Waals surface area contributed by atoms with Crippen LogP contribution < -0.4 is 5.32 Å². The Morgan fingerprint density at radius 1 is 1.27 bits per heavy atom. The number of benzene rings is 1.